The molecule has 19 heavy (non-hydrogen) atoms. The highest BCUT2D eigenvalue weighted by Gasteiger charge is 2.31. The molecule has 0 radical (unpaired) electrons. The van der Waals surface area contributed by atoms with E-state index in [2.05, 4.69) is 0 Å². The number of nitrogens with two attached hydrogens (primary N) is 1. The number of hydrogen-bond donors (Lipinski definition) is 2. The minimum Gasteiger partial charge on any atom is -0.370 e. The zero-order valence-corrected chi connectivity index (χ0v) is 10.4. The van der Waals surface area contributed by atoms with E-state index in [-0.39, 0.29) is 12.0 Å². The van der Waals surface area contributed by atoms with E-state index in [4.69, 9.17) is 11.1 Å². The van der Waals surface area contributed by atoms with E-state index in [0.29, 0.717) is 6.54 Å². The van der Waals surface area contributed by atoms with Gasteiger partial charge in [0, 0.05) is 6.54 Å². The monoisotopic (exact) mass is 271 g/mol. The molecule has 1 saturated heterocycles. The molecule has 3 N–H and O–H groups in total. The summed E-state index contributed by atoms with van der Waals surface area (Å²) in [7, 11) is 0. The molecule has 1 atom stereocenters. The van der Waals surface area contributed by atoms with Crippen molar-refractivity contribution in [2.45, 2.75) is 31.5 Å². The first kappa shape index (κ1) is 13.7. The molecule has 104 valence electrons. The SMILES string of the molecule is N=C(N)N1CCCCC1c1ccc(C(F)(F)F)cc1. The Kier molecular flexibility index (Phi) is 3.68. The Hall–Kier alpha value is -1.72. The van der Waals surface area contributed by atoms with Crippen molar-refractivity contribution >= 4 is 5.96 Å². The van der Waals surface area contributed by atoms with Crippen molar-refractivity contribution in [3.05, 3.63) is 35.4 Å². The molecule has 2 rings (SSSR count). The third kappa shape index (κ3) is 3.00. The van der Waals surface area contributed by atoms with Gasteiger partial charge in [0.2, 0.25) is 0 Å². The van der Waals surface area contributed by atoms with Crippen LogP contribution >= 0.6 is 0 Å². The van der Waals surface area contributed by atoms with E-state index >= 15 is 0 Å². The summed E-state index contributed by atoms with van der Waals surface area (Å²) in [6, 6.07) is 5.04. The van der Waals surface area contributed by atoms with Gasteiger partial charge in [-0.15, -0.1) is 0 Å². The fourth-order valence-corrected chi connectivity index (χ4v) is 2.46. The van der Waals surface area contributed by atoms with E-state index in [1.54, 1.807) is 4.90 Å². The van der Waals surface area contributed by atoms with Gasteiger partial charge in [-0.2, -0.15) is 13.2 Å². The summed E-state index contributed by atoms with van der Waals surface area (Å²) < 4.78 is 37.5. The predicted molar refractivity (Wildman–Crippen MR) is 66.7 cm³/mol. The second kappa shape index (κ2) is 5.11. The molecule has 0 saturated carbocycles. The molecule has 1 heterocycles. The van der Waals surface area contributed by atoms with Crippen LogP contribution in [0.15, 0.2) is 24.3 Å². The van der Waals surface area contributed by atoms with Crippen molar-refractivity contribution in [3.63, 3.8) is 0 Å². The Bertz CT molecular complexity index is 453. The smallest absolute Gasteiger partial charge is 0.370 e. The second-order valence-corrected chi connectivity index (χ2v) is 4.71. The highest BCUT2D eigenvalue weighted by Crippen LogP contribution is 2.33. The van der Waals surface area contributed by atoms with E-state index in [9.17, 15) is 13.2 Å². The Morgan fingerprint density at radius 1 is 1.21 bits per heavy atom. The third-order valence-electron chi connectivity index (χ3n) is 3.44. The Morgan fingerprint density at radius 3 is 2.37 bits per heavy atom. The molecular formula is C13H16F3N3. The van der Waals surface area contributed by atoms with Crippen LogP contribution in [-0.2, 0) is 6.18 Å². The van der Waals surface area contributed by atoms with E-state index in [1.165, 1.54) is 12.1 Å². The van der Waals surface area contributed by atoms with Gasteiger partial charge in [0.05, 0.1) is 11.6 Å². The van der Waals surface area contributed by atoms with Gasteiger partial charge < -0.3 is 10.6 Å². The van der Waals surface area contributed by atoms with Crippen LogP contribution in [0.5, 0.6) is 0 Å². The van der Waals surface area contributed by atoms with Crippen molar-refractivity contribution in [2.75, 3.05) is 6.54 Å². The summed E-state index contributed by atoms with van der Waals surface area (Å²) in [4.78, 5) is 1.74. The molecule has 1 fully saturated rings. The van der Waals surface area contributed by atoms with Crippen LogP contribution in [-0.4, -0.2) is 17.4 Å². The first-order valence-corrected chi connectivity index (χ1v) is 6.17. The van der Waals surface area contributed by atoms with E-state index < -0.39 is 11.7 Å². The fraction of sp³-hybridized carbons (Fsp3) is 0.462. The number of piperidine rings is 1. The zero-order chi connectivity index (χ0) is 14.0. The lowest BCUT2D eigenvalue weighted by Gasteiger charge is -2.36. The van der Waals surface area contributed by atoms with Crippen LogP contribution in [0.1, 0.15) is 36.4 Å². The second-order valence-electron chi connectivity index (χ2n) is 4.71. The van der Waals surface area contributed by atoms with Crippen LogP contribution in [0.2, 0.25) is 0 Å². The maximum Gasteiger partial charge on any atom is 0.416 e. The molecule has 0 spiro atoms. The van der Waals surface area contributed by atoms with Gasteiger partial charge in [-0.05, 0) is 37.0 Å². The lowest BCUT2D eigenvalue weighted by atomic mass is 9.95. The standard InChI is InChI=1S/C13H16F3N3/c14-13(15,16)10-6-4-9(5-7-10)11-3-1-2-8-19(11)12(17)18/h4-7,11H,1-3,8H2,(H3,17,18). The number of hydrogen-bond acceptors (Lipinski definition) is 1. The molecule has 0 aromatic heterocycles. The summed E-state index contributed by atoms with van der Waals surface area (Å²) in [6.07, 6.45) is -1.55. The van der Waals surface area contributed by atoms with Crippen LogP contribution in [0, 0.1) is 5.41 Å². The van der Waals surface area contributed by atoms with Crippen LogP contribution in [0.3, 0.4) is 0 Å². The molecule has 0 bridgehead atoms. The molecule has 6 heteroatoms. The minimum absolute atomic E-state index is 0.0235. The molecule has 1 aliphatic heterocycles. The lowest BCUT2D eigenvalue weighted by Crippen LogP contribution is -2.42. The van der Waals surface area contributed by atoms with Gasteiger partial charge in [0.1, 0.15) is 0 Å². The maximum absolute atomic E-state index is 12.5. The summed E-state index contributed by atoms with van der Waals surface area (Å²) >= 11 is 0. The topological polar surface area (TPSA) is 53.1 Å². The molecule has 1 aromatic carbocycles. The number of guanidine groups is 1. The maximum atomic E-state index is 12.5. The van der Waals surface area contributed by atoms with E-state index in [0.717, 1.165) is 37.0 Å². The summed E-state index contributed by atoms with van der Waals surface area (Å²) in [5.41, 5.74) is 5.65. The van der Waals surface area contributed by atoms with Crippen LogP contribution in [0.4, 0.5) is 13.2 Å². The minimum atomic E-state index is -4.31. The highest BCUT2D eigenvalue weighted by atomic mass is 19.4. The largest absolute Gasteiger partial charge is 0.416 e. The number of nitrogens with zero attached hydrogens (tertiary/aromatic N) is 1. The lowest BCUT2D eigenvalue weighted by molar-refractivity contribution is -0.137. The Labute approximate surface area is 109 Å². The van der Waals surface area contributed by atoms with Crippen molar-refractivity contribution in [1.29, 1.82) is 5.41 Å². The van der Waals surface area contributed by atoms with Crippen molar-refractivity contribution in [2.24, 2.45) is 5.73 Å². The van der Waals surface area contributed by atoms with Crippen molar-refractivity contribution in [3.8, 4) is 0 Å². The number of alkyl halides is 3. The number of nitrogens with one attached hydrogen (secondary N) is 1. The first-order valence-electron chi connectivity index (χ1n) is 6.17. The Balaban J connectivity index is 2.23. The zero-order valence-electron chi connectivity index (χ0n) is 10.4. The van der Waals surface area contributed by atoms with Gasteiger partial charge >= 0.3 is 6.18 Å². The first-order chi connectivity index (χ1) is 8.89. The molecule has 1 aromatic rings. The van der Waals surface area contributed by atoms with Gasteiger partial charge in [-0.3, -0.25) is 5.41 Å². The Morgan fingerprint density at radius 2 is 1.84 bits per heavy atom. The van der Waals surface area contributed by atoms with Gasteiger partial charge in [0.15, 0.2) is 5.96 Å². The van der Waals surface area contributed by atoms with Crippen LogP contribution < -0.4 is 5.73 Å². The predicted octanol–water partition coefficient (Wildman–Crippen LogP) is 3.13. The van der Waals surface area contributed by atoms with Crippen LogP contribution in [0.25, 0.3) is 0 Å². The quantitative estimate of drug-likeness (QED) is 0.609. The number of rotatable bonds is 1. The van der Waals surface area contributed by atoms with Gasteiger partial charge in [0.25, 0.3) is 0 Å². The van der Waals surface area contributed by atoms with Gasteiger partial charge in [-0.1, -0.05) is 12.1 Å². The average Bonchev–Trinajstić information content (AvgIpc) is 2.38. The summed E-state index contributed by atoms with van der Waals surface area (Å²) in [5.74, 6) is -0.0235. The van der Waals surface area contributed by atoms with Gasteiger partial charge in [-0.25, -0.2) is 0 Å². The summed E-state index contributed by atoms with van der Waals surface area (Å²) in [5, 5.41) is 7.53. The normalized spacial score (nSPS) is 20.4. The summed E-state index contributed by atoms with van der Waals surface area (Å²) in [6.45, 7) is 0.682. The number of likely N-dealkylation sites (tertiary alicyclic amines) is 1. The van der Waals surface area contributed by atoms with E-state index in [1.807, 2.05) is 0 Å². The molecule has 1 aliphatic rings. The number of halogens is 3. The number of benzene rings is 1. The molecule has 1 unspecified atom stereocenters. The molecule has 0 aliphatic carbocycles. The van der Waals surface area contributed by atoms with Crippen molar-refractivity contribution in [1.82, 2.24) is 4.90 Å². The average molecular weight is 271 g/mol. The third-order valence-corrected chi connectivity index (χ3v) is 3.44. The molecular weight excluding hydrogens is 255 g/mol. The molecule has 3 nitrogen and oxygen atoms in total. The highest BCUT2D eigenvalue weighted by molar-refractivity contribution is 5.75. The van der Waals surface area contributed by atoms with Crippen molar-refractivity contribution < 1.29 is 13.2 Å². The fourth-order valence-electron chi connectivity index (χ4n) is 2.46. The molecule has 0 amide bonds.